The zero-order valence-corrected chi connectivity index (χ0v) is 12.0. The molecule has 6 heteroatoms. The van der Waals surface area contributed by atoms with E-state index in [1.165, 1.54) is 4.90 Å². The van der Waals surface area contributed by atoms with Gasteiger partial charge in [0, 0.05) is 17.6 Å². The molecule has 2 aromatic rings. The van der Waals surface area contributed by atoms with Gasteiger partial charge in [0.1, 0.15) is 12.2 Å². The largest absolute Gasteiger partial charge is 0.480 e. The molecule has 0 saturated carbocycles. The summed E-state index contributed by atoms with van der Waals surface area (Å²) >= 11 is 1.63. The molecule has 0 aliphatic carbocycles. The molecule has 106 valence electrons. The Morgan fingerprint density at radius 1 is 1.35 bits per heavy atom. The van der Waals surface area contributed by atoms with Crippen LogP contribution in [-0.2, 0) is 11.3 Å². The lowest BCUT2D eigenvalue weighted by molar-refractivity contribution is -0.137. The third kappa shape index (κ3) is 3.27. The lowest BCUT2D eigenvalue weighted by atomic mass is 10.3. The Balaban J connectivity index is 2.17. The molecule has 0 aromatic carbocycles. The molecule has 0 aliphatic heterocycles. The molecule has 0 fully saturated rings. The predicted molar refractivity (Wildman–Crippen MR) is 77.1 cm³/mol. The second-order valence-electron chi connectivity index (χ2n) is 4.31. The van der Waals surface area contributed by atoms with Crippen molar-refractivity contribution in [2.24, 2.45) is 0 Å². The number of rotatable bonds is 6. The number of thiophene rings is 1. The van der Waals surface area contributed by atoms with Gasteiger partial charge in [-0.2, -0.15) is 0 Å². The van der Waals surface area contributed by atoms with Crippen LogP contribution in [-0.4, -0.2) is 39.5 Å². The van der Waals surface area contributed by atoms with E-state index in [-0.39, 0.29) is 12.5 Å². The number of amides is 1. The van der Waals surface area contributed by atoms with Crippen LogP contribution in [0.3, 0.4) is 0 Å². The first-order chi connectivity index (χ1) is 9.61. The molecule has 1 amide bonds. The summed E-state index contributed by atoms with van der Waals surface area (Å²) in [6.45, 7) is 2.48. The van der Waals surface area contributed by atoms with Crippen LogP contribution < -0.4 is 0 Å². The van der Waals surface area contributed by atoms with Crippen molar-refractivity contribution in [2.75, 3.05) is 13.1 Å². The maximum Gasteiger partial charge on any atom is 0.323 e. The summed E-state index contributed by atoms with van der Waals surface area (Å²) in [5, 5.41) is 10.8. The van der Waals surface area contributed by atoms with Crippen LogP contribution in [0.1, 0.15) is 22.3 Å². The molecular weight excluding hydrogens is 276 g/mol. The lowest BCUT2D eigenvalue weighted by Gasteiger charge is -2.19. The molecule has 0 bridgehead atoms. The number of carbonyl (C=O) groups is 2. The van der Waals surface area contributed by atoms with E-state index in [2.05, 4.69) is 0 Å². The van der Waals surface area contributed by atoms with Crippen LogP contribution in [0, 0.1) is 0 Å². The Bertz CT molecular complexity index is 589. The Hall–Kier alpha value is -2.08. The highest BCUT2D eigenvalue weighted by Gasteiger charge is 2.19. The summed E-state index contributed by atoms with van der Waals surface area (Å²) < 4.78 is 1.85. The maximum absolute atomic E-state index is 12.4. The number of nitrogens with zero attached hydrogens (tertiary/aromatic N) is 2. The fourth-order valence-corrected chi connectivity index (χ4v) is 2.67. The van der Waals surface area contributed by atoms with Gasteiger partial charge >= 0.3 is 5.97 Å². The molecule has 0 radical (unpaired) electrons. The first-order valence-corrected chi connectivity index (χ1v) is 7.18. The van der Waals surface area contributed by atoms with Gasteiger partial charge in [0.05, 0.1) is 6.54 Å². The molecule has 5 nitrogen and oxygen atoms in total. The van der Waals surface area contributed by atoms with Crippen molar-refractivity contribution < 1.29 is 14.7 Å². The fraction of sp³-hybridized carbons (Fsp3) is 0.286. The normalized spacial score (nSPS) is 10.4. The van der Waals surface area contributed by atoms with Crippen molar-refractivity contribution in [1.29, 1.82) is 0 Å². The van der Waals surface area contributed by atoms with Crippen molar-refractivity contribution in [3.05, 3.63) is 46.4 Å². The summed E-state index contributed by atoms with van der Waals surface area (Å²) in [4.78, 5) is 25.6. The first-order valence-electron chi connectivity index (χ1n) is 6.30. The molecule has 0 atom stereocenters. The van der Waals surface area contributed by atoms with Gasteiger partial charge in [-0.1, -0.05) is 6.07 Å². The number of carbonyl (C=O) groups excluding carboxylic acids is 1. The second-order valence-corrected chi connectivity index (χ2v) is 5.35. The topological polar surface area (TPSA) is 62.5 Å². The average molecular weight is 292 g/mol. The maximum atomic E-state index is 12.4. The van der Waals surface area contributed by atoms with Crippen molar-refractivity contribution in [1.82, 2.24) is 9.47 Å². The summed E-state index contributed by atoms with van der Waals surface area (Å²) in [5.41, 5.74) is 0.515. The Morgan fingerprint density at radius 3 is 2.75 bits per heavy atom. The SMILES string of the molecule is CCN(CC(=O)O)C(=O)c1cccn1Cc1cccs1. The number of carboxylic acid groups (broad SMARTS) is 1. The minimum absolute atomic E-state index is 0.253. The van der Waals surface area contributed by atoms with E-state index in [0.29, 0.717) is 18.8 Å². The number of hydrogen-bond donors (Lipinski definition) is 1. The number of likely N-dealkylation sites (N-methyl/N-ethyl adjacent to an activating group) is 1. The van der Waals surface area contributed by atoms with E-state index in [0.717, 1.165) is 4.88 Å². The van der Waals surface area contributed by atoms with Crippen LogP contribution in [0.2, 0.25) is 0 Å². The average Bonchev–Trinajstić information content (AvgIpc) is 3.07. The van der Waals surface area contributed by atoms with Gasteiger partial charge in [-0.3, -0.25) is 9.59 Å². The van der Waals surface area contributed by atoms with Gasteiger partial charge in [-0.25, -0.2) is 0 Å². The van der Waals surface area contributed by atoms with Crippen molar-refractivity contribution in [3.63, 3.8) is 0 Å². The standard InChI is InChI=1S/C14H16N2O3S/c1-2-15(10-13(17)18)14(19)12-6-3-7-16(12)9-11-5-4-8-20-11/h3-8H,2,9-10H2,1H3,(H,17,18). The molecule has 2 rings (SSSR count). The van der Waals surface area contributed by atoms with Crippen molar-refractivity contribution in [2.45, 2.75) is 13.5 Å². The van der Waals surface area contributed by atoms with Crippen molar-refractivity contribution >= 4 is 23.2 Å². The molecule has 0 aliphatic rings. The molecule has 2 aromatic heterocycles. The number of hydrogen-bond acceptors (Lipinski definition) is 3. The van der Waals surface area contributed by atoms with Crippen molar-refractivity contribution in [3.8, 4) is 0 Å². The number of aromatic nitrogens is 1. The van der Waals surface area contributed by atoms with Gasteiger partial charge < -0.3 is 14.6 Å². The molecule has 1 N–H and O–H groups in total. The van der Waals surface area contributed by atoms with E-state index < -0.39 is 5.97 Å². The summed E-state index contributed by atoms with van der Waals surface area (Å²) in [6, 6.07) is 7.50. The fourth-order valence-electron chi connectivity index (χ4n) is 1.97. The first kappa shape index (κ1) is 14.3. The summed E-state index contributed by atoms with van der Waals surface area (Å²) in [5.74, 6) is -1.26. The minimum atomic E-state index is -1.00. The molecule has 0 unspecified atom stereocenters. The van der Waals surface area contributed by atoms with E-state index in [1.807, 2.05) is 28.3 Å². The third-order valence-corrected chi connectivity index (χ3v) is 3.81. The monoisotopic (exact) mass is 292 g/mol. The minimum Gasteiger partial charge on any atom is -0.480 e. The van der Waals surface area contributed by atoms with Crippen LogP contribution in [0.15, 0.2) is 35.8 Å². The summed E-state index contributed by atoms with van der Waals surface area (Å²) in [7, 11) is 0. The highest BCUT2D eigenvalue weighted by atomic mass is 32.1. The van der Waals surface area contributed by atoms with E-state index in [1.54, 1.807) is 30.4 Å². The molecule has 2 heterocycles. The van der Waals surface area contributed by atoms with Crippen LogP contribution in [0.25, 0.3) is 0 Å². The van der Waals surface area contributed by atoms with E-state index in [4.69, 9.17) is 5.11 Å². The van der Waals surface area contributed by atoms with E-state index in [9.17, 15) is 9.59 Å². The zero-order valence-electron chi connectivity index (χ0n) is 11.2. The molecule has 20 heavy (non-hydrogen) atoms. The van der Waals surface area contributed by atoms with Crippen LogP contribution >= 0.6 is 11.3 Å². The molecular formula is C14H16N2O3S. The second kappa shape index (κ2) is 6.38. The predicted octanol–water partition coefficient (Wildman–Crippen LogP) is 2.14. The van der Waals surface area contributed by atoms with Crippen LogP contribution in [0.5, 0.6) is 0 Å². The van der Waals surface area contributed by atoms with Gasteiger partial charge in [0.15, 0.2) is 0 Å². The molecule has 0 spiro atoms. The Morgan fingerprint density at radius 2 is 2.15 bits per heavy atom. The van der Waals surface area contributed by atoms with Crippen LogP contribution in [0.4, 0.5) is 0 Å². The highest BCUT2D eigenvalue weighted by Crippen LogP contribution is 2.14. The number of carboxylic acids is 1. The highest BCUT2D eigenvalue weighted by molar-refractivity contribution is 7.09. The van der Waals surface area contributed by atoms with Gasteiger partial charge in [0.25, 0.3) is 5.91 Å². The van der Waals surface area contributed by atoms with Gasteiger partial charge in [-0.15, -0.1) is 11.3 Å². The van der Waals surface area contributed by atoms with Gasteiger partial charge in [0.2, 0.25) is 0 Å². The summed E-state index contributed by atoms with van der Waals surface area (Å²) in [6.07, 6.45) is 1.83. The molecule has 0 saturated heterocycles. The Kier molecular flexibility index (Phi) is 4.57. The van der Waals surface area contributed by atoms with E-state index >= 15 is 0 Å². The van der Waals surface area contributed by atoms with Gasteiger partial charge in [-0.05, 0) is 30.5 Å². The quantitative estimate of drug-likeness (QED) is 0.887. The number of aliphatic carboxylic acids is 1. The smallest absolute Gasteiger partial charge is 0.323 e. The Labute approximate surface area is 121 Å². The zero-order chi connectivity index (χ0) is 14.5. The third-order valence-electron chi connectivity index (χ3n) is 2.95. The lowest BCUT2D eigenvalue weighted by Crippen LogP contribution is -2.36.